The molecule has 35 heavy (non-hydrogen) atoms. The summed E-state index contributed by atoms with van der Waals surface area (Å²) in [6, 6.07) is 22.3. The van der Waals surface area contributed by atoms with E-state index in [0.717, 1.165) is 16.7 Å². The predicted octanol–water partition coefficient (Wildman–Crippen LogP) is 5.07. The number of benzene rings is 3. The predicted molar refractivity (Wildman–Crippen MR) is 135 cm³/mol. The van der Waals surface area contributed by atoms with Crippen molar-refractivity contribution in [1.82, 2.24) is 10.2 Å². The van der Waals surface area contributed by atoms with Crippen LogP contribution in [0.1, 0.15) is 37.5 Å². The highest BCUT2D eigenvalue weighted by molar-refractivity contribution is 5.89. The van der Waals surface area contributed by atoms with Crippen LogP contribution >= 0.6 is 0 Å². The molecule has 2 amide bonds. The Labute approximate surface area is 206 Å². The standard InChI is InChI=1S/C29H33FN2O3/c1-21-9-8-12-23(17-21)19-32(27(33)20-35-25-15-13-24(30)14-16-25)26(28(34)31-29(2,3)4)18-22-10-6-5-7-11-22/h5-17,26H,18-20H2,1-4H3,(H,31,34). The average molecular weight is 477 g/mol. The normalized spacial score (nSPS) is 12.0. The lowest BCUT2D eigenvalue weighted by Gasteiger charge is -2.33. The molecule has 3 aromatic rings. The first-order chi connectivity index (χ1) is 16.6. The fourth-order valence-corrected chi connectivity index (χ4v) is 3.77. The second-order valence-corrected chi connectivity index (χ2v) is 9.70. The van der Waals surface area contributed by atoms with Gasteiger partial charge in [0.05, 0.1) is 0 Å². The van der Waals surface area contributed by atoms with Crippen LogP contribution in [-0.4, -0.2) is 34.9 Å². The molecule has 0 bridgehead atoms. The molecular weight excluding hydrogens is 443 g/mol. The van der Waals surface area contributed by atoms with Crippen molar-refractivity contribution in [3.8, 4) is 5.75 Å². The number of nitrogens with zero attached hydrogens (tertiary/aromatic N) is 1. The Kier molecular flexibility index (Phi) is 8.63. The van der Waals surface area contributed by atoms with E-state index in [4.69, 9.17) is 4.74 Å². The molecule has 6 heteroatoms. The van der Waals surface area contributed by atoms with Gasteiger partial charge in [-0.05, 0) is 63.1 Å². The van der Waals surface area contributed by atoms with Gasteiger partial charge in [-0.3, -0.25) is 9.59 Å². The summed E-state index contributed by atoms with van der Waals surface area (Å²) in [7, 11) is 0. The fraction of sp³-hybridized carbons (Fsp3) is 0.310. The summed E-state index contributed by atoms with van der Waals surface area (Å²) in [5.74, 6) is -0.564. The molecule has 0 aliphatic heterocycles. The smallest absolute Gasteiger partial charge is 0.261 e. The van der Waals surface area contributed by atoms with Crippen LogP contribution in [0.15, 0.2) is 78.9 Å². The monoisotopic (exact) mass is 476 g/mol. The second-order valence-electron chi connectivity index (χ2n) is 9.70. The molecule has 184 valence electrons. The number of amides is 2. The van der Waals surface area contributed by atoms with Crippen LogP contribution in [-0.2, 0) is 22.6 Å². The maximum Gasteiger partial charge on any atom is 0.261 e. The van der Waals surface area contributed by atoms with E-state index in [1.54, 1.807) is 4.90 Å². The Balaban J connectivity index is 1.92. The number of hydrogen-bond donors (Lipinski definition) is 1. The van der Waals surface area contributed by atoms with E-state index in [1.165, 1.54) is 24.3 Å². The molecule has 0 fully saturated rings. The van der Waals surface area contributed by atoms with Crippen LogP contribution in [0.25, 0.3) is 0 Å². The molecule has 1 unspecified atom stereocenters. The van der Waals surface area contributed by atoms with Gasteiger partial charge in [0.15, 0.2) is 6.61 Å². The summed E-state index contributed by atoms with van der Waals surface area (Å²) in [6.45, 7) is 7.70. The van der Waals surface area contributed by atoms with Gasteiger partial charge < -0.3 is 15.0 Å². The number of ether oxygens (including phenoxy) is 1. The maximum absolute atomic E-state index is 13.5. The number of aryl methyl sites for hydroxylation is 1. The molecule has 0 spiro atoms. The summed E-state index contributed by atoms with van der Waals surface area (Å²) in [5.41, 5.74) is 2.47. The van der Waals surface area contributed by atoms with Gasteiger partial charge in [0, 0.05) is 18.5 Å². The van der Waals surface area contributed by atoms with Crippen LogP contribution in [0.4, 0.5) is 4.39 Å². The van der Waals surface area contributed by atoms with Gasteiger partial charge >= 0.3 is 0 Å². The molecule has 0 radical (unpaired) electrons. The highest BCUT2D eigenvalue weighted by atomic mass is 19.1. The molecule has 1 atom stereocenters. The van der Waals surface area contributed by atoms with Crippen molar-refractivity contribution in [2.45, 2.75) is 52.2 Å². The SMILES string of the molecule is Cc1cccc(CN(C(=O)COc2ccc(F)cc2)C(Cc2ccccc2)C(=O)NC(C)(C)C)c1. The van der Waals surface area contributed by atoms with Crippen LogP contribution in [0.5, 0.6) is 5.75 Å². The van der Waals surface area contributed by atoms with E-state index in [-0.39, 0.29) is 30.8 Å². The van der Waals surface area contributed by atoms with Crippen LogP contribution < -0.4 is 10.1 Å². The first-order valence-corrected chi connectivity index (χ1v) is 11.7. The topological polar surface area (TPSA) is 58.6 Å². The van der Waals surface area contributed by atoms with Gasteiger partial charge in [0.25, 0.3) is 5.91 Å². The first-order valence-electron chi connectivity index (χ1n) is 11.7. The Morgan fingerprint density at radius 3 is 2.23 bits per heavy atom. The van der Waals surface area contributed by atoms with E-state index in [1.807, 2.05) is 82.3 Å². The molecule has 0 aliphatic rings. The summed E-state index contributed by atoms with van der Waals surface area (Å²) in [4.78, 5) is 28.6. The molecule has 0 saturated heterocycles. The van der Waals surface area contributed by atoms with E-state index in [0.29, 0.717) is 12.2 Å². The number of carbonyl (C=O) groups is 2. The zero-order valence-electron chi connectivity index (χ0n) is 20.8. The van der Waals surface area contributed by atoms with Gasteiger partial charge in [-0.1, -0.05) is 60.2 Å². The summed E-state index contributed by atoms with van der Waals surface area (Å²) in [6.07, 6.45) is 0.358. The molecule has 1 N–H and O–H groups in total. The lowest BCUT2D eigenvalue weighted by molar-refractivity contribution is -0.143. The Hall–Kier alpha value is -3.67. The van der Waals surface area contributed by atoms with Gasteiger partial charge in [-0.2, -0.15) is 0 Å². The van der Waals surface area contributed by atoms with Gasteiger partial charge in [-0.15, -0.1) is 0 Å². The maximum atomic E-state index is 13.5. The highest BCUT2D eigenvalue weighted by Crippen LogP contribution is 2.18. The molecule has 0 aliphatic carbocycles. The van der Waals surface area contributed by atoms with Gasteiger partial charge in [-0.25, -0.2) is 4.39 Å². The number of rotatable bonds is 9. The third kappa shape index (κ3) is 8.25. The number of carbonyl (C=O) groups excluding carboxylic acids is 2. The van der Waals surface area contributed by atoms with Crippen molar-refractivity contribution in [2.24, 2.45) is 0 Å². The van der Waals surface area contributed by atoms with Crippen LogP contribution in [0.2, 0.25) is 0 Å². The summed E-state index contributed by atoms with van der Waals surface area (Å²) in [5, 5.41) is 3.04. The fourth-order valence-electron chi connectivity index (χ4n) is 3.77. The van der Waals surface area contributed by atoms with E-state index < -0.39 is 11.6 Å². The number of hydrogen-bond acceptors (Lipinski definition) is 3. The van der Waals surface area contributed by atoms with Gasteiger partial charge in [0.1, 0.15) is 17.6 Å². The highest BCUT2D eigenvalue weighted by Gasteiger charge is 2.32. The van der Waals surface area contributed by atoms with Crippen molar-refractivity contribution in [1.29, 1.82) is 0 Å². The quantitative estimate of drug-likeness (QED) is 0.469. The minimum Gasteiger partial charge on any atom is -0.484 e. The zero-order valence-corrected chi connectivity index (χ0v) is 20.8. The number of halogens is 1. The molecule has 3 aromatic carbocycles. The number of nitrogens with one attached hydrogen (secondary N) is 1. The molecule has 3 rings (SSSR count). The minimum absolute atomic E-state index is 0.232. The van der Waals surface area contributed by atoms with Crippen LogP contribution in [0.3, 0.4) is 0 Å². The molecule has 0 aromatic heterocycles. The first kappa shape index (κ1) is 25.9. The molecule has 0 saturated carbocycles. The van der Waals surface area contributed by atoms with Crippen molar-refractivity contribution in [3.05, 3.63) is 101 Å². The third-order valence-electron chi connectivity index (χ3n) is 5.38. The Morgan fingerprint density at radius 1 is 0.943 bits per heavy atom. The van der Waals surface area contributed by atoms with Crippen molar-refractivity contribution in [2.75, 3.05) is 6.61 Å². The zero-order chi connectivity index (χ0) is 25.4. The van der Waals surface area contributed by atoms with Crippen molar-refractivity contribution < 1.29 is 18.7 Å². The minimum atomic E-state index is -0.749. The van der Waals surface area contributed by atoms with Crippen molar-refractivity contribution >= 4 is 11.8 Å². The second kappa shape index (κ2) is 11.6. The molecule has 5 nitrogen and oxygen atoms in total. The lowest BCUT2D eigenvalue weighted by atomic mass is 10.0. The lowest BCUT2D eigenvalue weighted by Crippen LogP contribution is -2.55. The Bertz CT molecular complexity index is 1120. The Morgan fingerprint density at radius 2 is 1.60 bits per heavy atom. The summed E-state index contributed by atoms with van der Waals surface area (Å²) < 4.78 is 18.9. The van der Waals surface area contributed by atoms with E-state index >= 15 is 0 Å². The van der Waals surface area contributed by atoms with Crippen LogP contribution in [0, 0.1) is 12.7 Å². The van der Waals surface area contributed by atoms with Gasteiger partial charge in [0.2, 0.25) is 5.91 Å². The third-order valence-corrected chi connectivity index (χ3v) is 5.38. The van der Waals surface area contributed by atoms with E-state index in [2.05, 4.69) is 5.32 Å². The molecular formula is C29H33FN2O3. The largest absolute Gasteiger partial charge is 0.484 e. The average Bonchev–Trinajstić information content (AvgIpc) is 2.80. The van der Waals surface area contributed by atoms with Crippen molar-refractivity contribution in [3.63, 3.8) is 0 Å². The summed E-state index contributed by atoms with van der Waals surface area (Å²) >= 11 is 0. The molecule has 0 heterocycles. The van der Waals surface area contributed by atoms with E-state index in [9.17, 15) is 14.0 Å².